The van der Waals surface area contributed by atoms with Crippen LogP contribution in [0.15, 0.2) is 66.4 Å². The Hall–Kier alpha value is -3.84. The lowest BCUT2D eigenvalue weighted by Gasteiger charge is -2.26. The minimum Gasteiger partial charge on any atom is -0.507 e. The highest BCUT2D eigenvalue weighted by atomic mass is 35.5. The number of carbonyl (C=O) groups is 2. The van der Waals surface area contributed by atoms with Gasteiger partial charge in [0.15, 0.2) is 0 Å². The Morgan fingerprint density at radius 3 is 2.52 bits per heavy atom. The number of methoxy groups -OCH3 is 2. The highest BCUT2D eigenvalue weighted by Crippen LogP contribution is 2.44. The first-order valence-electron chi connectivity index (χ1n) is 10.1. The van der Waals surface area contributed by atoms with Crippen LogP contribution in [0.25, 0.3) is 5.76 Å². The Morgan fingerprint density at radius 2 is 1.85 bits per heavy atom. The van der Waals surface area contributed by atoms with Crippen LogP contribution in [-0.2, 0) is 9.59 Å². The first-order valence-corrected chi connectivity index (χ1v) is 10.5. The summed E-state index contributed by atoms with van der Waals surface area (Å²) in [4.78, 5) is 32.2. The van der Waals surface area contributed by atoms with E-state index in [0.717, 1.165) is 0 Å². The van der Waals surface area contributed by atoms with Crippen molar-refractivity contribution in [2.75, 3.05) is 19.1 Å². The van der Waals surface area contributed by atoms with Gasteiger partial charge in [0.05, 0.1) is 31.1 Å². The number of hydrogen-bond acceptors (Lipinski definition) is 6. The molecule has 1 N–H and O–H groups in total. The number of aliphatic hydroxyl groups excluding tert-OH is 1. The Bertz CT molecular complexity index is 1270. The van der Waals surface area contributed by atoms with Crippen LogP contribution in [0.1, 0.15) is 22.9 Å². The number of ether oxygens (including phenoxy) is 2. The molecule has 0 spiro atoms. The number of amides is 1. The van der Waals surface area contributed by atoms with Crippen LogP contribution in [0.2, 0.25) is 5.02 Å². The van der Waals surface area contributed by atoms with Crippen LogP contribution in [0.5, 0.6) is 11.5 Å². The van der Waals surface area contributed by atoms with Crippen LogP contribution in [0.3, 0.4) is 0 Å². The fourth-order valence-corrected chi connectivity index (χ4v) is 4.06. The van der Waals surface area contributed by atoms with Crippen LogP contribution in [0.4, 0.5) is 5.69 Å². The molecule has 8 heteroatoms. The molecule has 1 aromatic heterocycles. The van der Waals surface area contributed by atoms with E-state index in [9.17, 15) is 14.7 Å². The molecule has 2 aromatic carbocycles. The maximum absolute atomic E-state index is 13.3. The Labute approximate surface area is 195 Å². The van der Waals surface area contributed by atoms with E-state index >= 15 is 0 Å². The van der Waals surface area contributed by atoms with Gasteiger partial charge >= 0.3 is 0 Å². The molecule has 1 aliphatic rings. The smallest absolute Gasteiger partial charge is 0.300 e. The number of benzene rings is 2. The summed E-state index contributed by atoms with van der Waals surface area (Å²) < 4.78 is 10.6. The van der Waals surface area contributed by atoms with Crippen LogP contribution >= 0.6 is 11.6 Å². The normalized spacial score (nSPS) is 17.3. The molecule has 1 fully saturated rings. The van der Waals surface area contributed by atoms with Gasteiger partial charge in [0, 0.05) is 23.0 Å². The number of ketones is 1. The molecule has 1 unspecified atom stereocenters. The Kier molecular flexibility index (Phi) is 6.07. The lowest BCUT2D eigenvalue weighted by Crippen LogP contribution is -2.30. The molecule has 0 aliphatic carbocycles. The highest BCUT2D eigenvalue weighted by Gasteiger charge is 2.48. The molecule has 0 saturated carbocycles. The van der Waals surface area contributed by atoms with Crippen molar-refractivity contribution in [3.8, 4) is 11.5 Å². The van der Waals surface area contributed by atoms with E-state index in [1.807, 2.05) is 0 Å². The number of carbonyl (C=O) groups excluding carboxylic acids is 2. The number of halogens is 1. The van der Waals surface area contributed by atoms with E-state index in [2.05, 4.69) is 4.98 Å². The van der Waals surface area contributed by atoms with Crippen molar-refractivity contribution >= 4 is 34.7 Å². The summed E-state index contributed by atoms with van der Waals surface area (Å²) in [7, 11) is 2.95. The topological polar surface area (TPSA) is 89.0 Å². The molecule has 0 radical (unpaired) electrons. The summed E-state index contributed by atoms with van der Waals surface area (Å²) in [6.45, 7) is 1.76. The fraction of sp³-hybridized carbons (Fsp3) is 0.160. The van der Waals surface area contributed by atoms with Gasteiger partial charge in [-0.05, 0) is 48.9 Å². The second-order valence-corrected chi connectivity index (χ2v) is 7.78. The Morgan fingerprint density at radius 1 is 1.06 bits per heavy atom. The maximum Gasteiger partial charge on any atom is 0.300 e. The van der Waals surface area contributed by atoms with Crippen LogP contribution in [-0.4, -0.2) is 36.0 Å². The fourth-order valence-electron chi connectivity index (χ4n) is 3.89. The largest absolute Gasteiger partial charge is 0.507 e. The van der Waals surface area contributed by atoms with Crippen molar-refractivity contribution < 1.29 is 24.2 Å². The number of Topliss-reactive ketones (excluding diaryl/α,β-unsaturated/α-hetero) is 1. The van der Waals surface area contributed by atoms with Crippen molar-refractivity contribution in [1.29, 1.82) is 0 Å². The monoisotopic (exact) mass is 464 g/mol. The molecular weight excluding hydrogens is 444 g/mol. The molecule has 7 nitrogen and oxygen atoms in total. The maximum atomic E-state index is 13.3. The molecule has 168 valence electrons. The minimum atomic E-state index is -0.963. The van der Waals surface area contributed by atoms with Gasteiger partial charge in [-0.3, -0.25) is 19.5 Å². The predicted molar refractivity (Wildman–Crippen MR) is 125 cm³/mol. The van der Waals surface area contributed by atoms with Gasteiger partial charge < -0.3 is 14.6 Å². The van der Waals surface area contributed by atoms with Crippen molar-refractivity contribution in [2.45, 2.75) is 13.0 Å². The number of aromatic nitrogens is 1. The van der Waals surface area contributed by atoms with E-state index in [4.69, 9.17) is 21.1 Å². The van der Waals surface area contributed by atoms with Crippen molar-refractivity contribution in [2.24, 2.45) is 0 Å². The average Bonchev–Trinajstić information content (AvgIpc) is 3.10. The number of pyridine rings is 1. The third-order valence-corrected chi connectivity index (χ3v) is 5.98. The summed E-state index contributed by atoms with van der Waals surface area (Å²) in [5.41, 5.74) is 1.66. The summed E-state index contributed by atoms with van der Waals surface area (Å²) in [6, 6.07) is 14.1. The molecule has 2 heterocycles. The van der Waals surface area contributed by atoms with Gasteiger partial charge in [-0.1, -0.05) is 23.7 Å². The van der Waals surface area contributed by atoms with Crippen LogP contribution in [0, 0.1) is 6.92 Å². The van der Waals surface area contributed by atoms with Gasteiger partial charge in [0.1, 0.15) is 23.3 Å². The van der Waals surface area contributed by atoms with E-state index in [-0.39, 0.29) is 22.6 Å². The summed E-state index contributed by atoms with van der Waals surface area (Å²) in [6.07, 6.45) is 1.56. The lowest BCUT2D eigenvalue weighted by atomic mass is 9.97. The van der Waals surface area contributed by atoms with Gasteiger partial charge in [-0.2, -0.15) is 0 Å². The van der Waals surface area contributed by atoms with E-state index in [0.29, 0.717) is 27.7 Å². The Balaban J connectivity index is 1.99. The van der Waals surface area contributed by atoms with Crippen molar-refractivity contribution in [3.05, 3.63) is 88.2 Å². The minimum absolute atomic E-state index is 0.0958. The SMILES string of the molecule is COc1ccc(/C(O)=C2\C(=O)C(=O)N(c3cccc(Cl)c3C)C2c2ccccn2)c(OC)c1. The molecule has 1 amide bonds. The molecule has 1 aliphatic heterocycles. The third-order valence-electron chi connectivity index (χ3n) is 5.57. The predicted octanol–water partition coefficient (Wildman–Crippen LogP) is 4.69. The summed E-state index contributed by atoms with van der Waals surface area (Å²) in [5, 5.41) is 11.8. The number of rotatable bonds is 5. The molecule has 1 saturated heterocycles. The lowest BCUT2D eigenvalue weighted by molar-refractivity contribution is -0.132. The van der Waals surface area contributed by atoms with Gasteiger partial charge in [-0.25, -0.2) is 0 Å². The average molecular weight is 465 g/mol. The quantitative estimate of drug-likeness (QED) is 0.335. The first-order chi connectivity index (χ1) is 15.9. The van der Waals surface area contributed by atoms with Gasteiger partial charge in [0.25, 0.3) is 11.7 Å². The molecule has 1 atom stereocenters. The third kappa shape index (κ3) is 3.81. The zero-order chi connectivity index (χ0) is 23.7. The van der Waals surface area contributed by atoms with Gasteiger partial charge in [0.2, 0.25) is 0 Å². The van der Waals surface area contributed by atoms with Gasteiger partial charge in [-0.15, -0.1) is 0 Å². The molecular formula is C25H21ClN2O5. The van der Waals surface area contributed by atoms with E-state index < -0.39 is 17.7 Å². The summed E-state index contributed by atoms with van der Waals surface area (Å²) in [5.74, 6) is -1.19. The number of hydrogen-bond donors (Lipinski definition) is 1. The van der Waals surface area contributed by atoms with E-state index in [1.165, 1.54) is 19.1 Å². The molecule has 3 aromatic rings. The molecule has 4 rings (SSSR count). The van der Waals surface area contributed by atoms with Crippen molar-refractivity contribution in [3.63, 3.8) is 0 Å². The standard InChI is InChI=1S/C25H21ClN2O5/c1-14-17(26)7-6-9-19(14)28-22(18-8-4-5-12-27-18)21(24(30)25(28)31)23(29)16-11-10-15(32-2)13-20(16)33-3/h4-13,22,29H,1-3H3/b23-21+. The second-order valence-electron chi connectivity index (χ2n) is 7.37. The highest BCUT2D eigenvalue weighted by molar-refractivity contribution is 6.52. The first kappa shape index (κ1) is 22.4. The van der Waals surface area contributed by atoms with Crippen molar-refractivity contribution in [1.82, 2.24) is 4.98 Å². The second kappa shape index (κ2) is 8.96. The summed E-state index contributed by atoms with van der Waals surface area (Å²) >= 11 is 6.30. The zero-order valence-corrected chi connectivity index (χ0v) is 19.0. The number of aliphatic hydroxyl groups is 1. The molecule has 33 heavy (non-hydrogen) atoms. The van der Waals surface area contributed by atoms with Crippen LogP contribution < -0.4 is 14.4 Å². The zero-order valence-electron chi connectivity index (χ0n) is 18.2. The molecule has 0 bridgehead atoms. The number of anilines is 1. The van der Waals surface area contributed by atoms with E-state index in [1.54, 1.807) is 67.7 Å². The number of nitrogens with zero attached hydrogens (tertiary/aromatic N) is 2.